The number of halogens is 4. The number of nitrogens with zero attached hydrogens (tertiary/aromatic N) is 2. The predicted octanol–water partition coefficient (Wildman–Crippen LogP) is 8.45. The van der Waals surface area contributed by atoms with Gasteiger partial charge in [0.15, 0.2) is 0 Å². The quantitative estimate of drug-likeness (QED) is 0.295. The lowest BCUT2D eigenvalue weighted by Gasteiger charge is -2.26. The van der Waals surface area contributed by atoms with Crippen LogP contribution in [0.1, 0.15) is 51.2 Å². The van der Waals surface area contributed by atoms with Crippen LogP contribution < -0.4 is 0 Å². The standard InChI is InChI=1S/C25H28Cl4N2O/c1-3-5-9-31(10-6-4-2)15-24(32)18-14-23(16-7-8-20(27)21(28)11-16)30-25-19(18)12-17(26)13-22(25)29/h7-8,11-14,24,32H,3-6,9-10,15H2,1-2H3/t24-/m1/s1. The smallest absolute Gasteiger partial charge is 0.0924 e. The molecule has 0 aliphatic carbocycles. The summed E-state index contributed by atoms with van der Waals surface area (Å²) in [7, 11) is 0. The molecule has 2 aromatic carbocycles. The van der Waals surface area contributed by atoms with Crippen molar-refractivity contribution < 1.29 is 5.11 Å². The summed E-state index contributed by atoms with van der Waals surface area (Å²) in [5, 5.41) is 14.0. The second kappa shape index (κ2) is 11.9. The minimum Gasteiger partial charge on any atom is -0.387 e. The first kappa shape index (κ1) is 25.6. The first-order chi connectivity index (χ1) is 15.3. The molecule has 7 heteroatoms. The molecule has 0 saturated heterocycles. The highest BCUT2D eigenvalue weighted by Crippen LogP contribution is 2.36. The summed E-state index contributed by atoms with van der Waals surface area (Å²) in [5.74, 6) is 0. The summed E-state index contributed by atoms with van der Waals surface area (Å²) in [6, 6.07) is 10.8. The van der Waals surface area contributed by atoms with Crippen LogP contribution in [0.15, 0.2) is 36.4 Å². The van der Waals surface area contributed by atoms with Crippen molar-refractivity contribution in [1.82, 2.24) is 9.88 Å². The molecule has 0 fully saturated rings. The molecule has 1 atom stereocenters. The molecule has 3 nitrogen and oxygen atoms in total. The van der Waals surface area contributed by atoms with Gasteiger partial charge in [-0.2, -0.15) is 0 Å². The molecule has 0 bridgehead atoms. The summed E-state index contributed by atoms with van der Waals surface area (Å²) in [6.45, 7) is 6.80. The maximum atomic E-state index is 11.3. The number of benzene rings is 2. The van der Waals surface area contributed by atoms with E-state index >= 15 is 0 Å². The molecule has 0 aliphatic rings. The second-order valence-corrected chi connectivity index (χ2v) is 9.69. The van der Waals surface area contributed by atoms with Gasteiger partial charge < -0.3 is 10.0 Å². The van der Waals surface area contributed by atoms with Crippen molar-refractivity contribution in [3.8, 4) is 11.3 Å². The Balaban J connectivity index is 2.07. The second-order valence-electron chi connectivity index (χ2n) is 8.03. The van der Waals surface area contributed by atoms with E-state index in [0.717, 1.165) is 55.3 Å². The molecule has 0 spiro atoms. The molecular weight excluding hydrogens is 486 g/mol. The Morgan fingerprint density at radius 2 is 1.56 bits per heavy atom. The molecule has 0 unspecified atom stereocenters. The van der Waals surface area contributed by atoms with Gasteiger partial charge >= 0.3 is 0 Å². The van der Waals surface area contributed by atoms with E-state index in [1.165, 1.54) is 0 Å². The maximum Gasteiger partial charge on any atom is 0.0924 e. The van der Waals surface area contributed by atoms with Crippen LogP contribution >= 0.6 is 46.4 Å². The van der Waals surface area contributed by atoms with Gasteiger partial charge in [-0.05, 0) is 61.8 Å². The first-order valence-electron chi connectivity index (χ1n) is 11.0. The number of hydrogen-bond acceptors (Lipinski definition) is 3. The van der Waals surface area contributed by atoms with E-state index in [-0.39, 0.29) is 0 Å². The number of pyridine rings is 1. The fourth-order valence-electron chi connectivity index (χ4n) is 3.76. The number of fused-ring (bicyclic) bond motifs is 1. The van der Waals surface area contributed by atoms with E-state index in [1.807, 2.05) is 18.2 Å². The van der Waals surface area contributed by atoms with E-state index in [1.54, 1.807) is 18.2 Å². The molecule has 0 aliphatic heterocycles. The van der Waals surface area contributed by atoms with Crippen LogP contribution in [-0.2, 0) is 0 Å². The third kappa shape index (κ3) is 6.28. The van der Waals surface area contributed by atoms with E-state index in [4.69, 9.17) is 51.4 Å². The van der Waals surface area contributed by atoms with E-state index in [9.17, 15) is 5.11 Å². The van der Waals surface area contributed by atoms with Crippen molar-refractivity contribution in [3.63, 3.8) is 0 Å². The van der Waals surface area contributed by atoms with Crippen molar-refractivity contribution in [2.24, 2.45) is 0 Å². The fourth-order valence-corrected chi connectivity index (χ4v) is 4.59. The molecule has 3 rings (SSSR count). The van der Waals surface area contributed by atoms with Gasteiger partial charge in [0.05, 0.1) is 32.4 Å². The summed E-state index contributed by atoms with van der Waals surface area (Å²) in [4.78, 5) is 7.09. The molecule has 0 radical (unpaired) electrons. The third-order valence-corrected chi connectivity index (χ3v) is 6.77. The molecule has 172 valence electrons. The first-order valence-corrected chi connectivity index (χ1v) is 12.5. The highest BCUT2D eigenvalue weighted by molar-refractivity contribution is 6.42. The van der Waals surface area contributed by atoms with Crippen LogP contribution in [0.25, 0.3) is 22.2 Å². The van der Waals surface area contributed by atoms with Gasteiger partial charge in [-0.15, -0.1) is 0 Å². The zero-order chi connectivity index (χ0) is 23.3. The van der Waals surface area contributed by atoms with Gasteiger partial charge in [0.25, 0.3) is 0 Å². The SMILES string of the molecule is CCCCN(CCCC)C[C@@H](O)c1cc(-c2ccc(Cl)c(Cl)c2)nc2c(Cl)cc(Cl)cc12. The van der Waals surface area contributed by atoms with Crippen molar-refractivity contribution in [3.05, 3.63) is 62.1 Å². The Labute approximate surface area is 210 Å². The van der Waals surface area contributed by atoms with Crippen LogP contribution in [0.5, 0.6) is 0 Å². The number of aliphatic hydroxyl groups excluding tert-OH is 1. The zero-order valence-corrected chi connectivity index (χ0v) is 21.4. The highest BCUT2D eigenvalue weighted by atomic mass is 35.5. The summed E-state index contributed by atoms with van der Waals surface area (Å²) >= 11 is 25.2. The van der Waals surface area contributed by atoms with Crippen molar-refractivity contribution in [2.45, 2.75) is 45.6 Å². The van der Waals surface area contributed by atoms with Crippen LogP contribution in [0.2, 0.25) is 20.1 Å². The number of rotatable bonds is 10. The van der Waals surface area contributed by atoms with Crippen molar-refractivity contribution in [1.29, 1.82) is 0 Å². The topological polar surface area (TPSA) is 36.4 Å². The number of aliphatic hydroxyl groups is 1. The molecule has 1 N–H and O–H groups in total. The number of unbranched alkanes of at least 4 members (excludes halogenated alkanes) is 2. The molecule has 1 heterocycles. The monoisotopic (exact) mass is 512 g/mol. The minimum absolute atomic E-state index is 0.441. The van der Waals surface area contributed by atoms with Gasteiger partial charge in [0, 0.05) is 22.5 Å². The summed E-state index contributed by atoms with van der Waals surface area (Å²) < 4.78 is 0. The largest absolute Gasteiger partial charge is 0.387 e. The van der Waals surface area contributed by atoms with Crippen LogP contribution in [0, 0.1) is 0 Å². The van der Waals surface area contributed by atoms with Crippen LogP contribution in [0.3, 0.4) is 0 Å². The van der Waals surface area contributed by atoms with E-state index in [2.05, 4.69) is 18.7 Å². The van der Waals surface area contributed by atoms with Crippen molar-refractivity contribution in [2.75, 3.05) is 19.6 Å². The van der Waals surface area contributed by atoms with Crippen LogP contribution in [0.4, 0.5) is 0 Å². The lowest BCUT2D eigenvalue weighted by Crippen LogP contribution is -2.31. The Hall–Kier alpha value is -1.07. The molecule has 3 aromatic rings. The molecule has 32 heavy (non-hydrogen) atoms. The zero-order valence-electron chi connectivity index (χ0n) is 18.3. The third-order valence-electron chi connectivity index (χ3n) is 5.52. The molecule has 0 saturated carbocycles. The highest BCUT2D eigenvalue weighted by Gasteiger charge is 2.20. The Morgan fingerprint density at radius 1 is 0.875 bits per heavy atom. The number of hydrogen-bond donors (Lipinski definition) is 1. The van der Waals surface area contributed by atoms with E-state index in [0.29, 0.717) is 37.8 Å². The fraction of sp³-hybridized carbons (Fsp3) is 0.400. The lowest BCUT2D eigenvalue weighted by atomic mass is 9.99. The van der Waals surface area contributed by atoms with Gasteiger partial charge in [-0.3, -0.25) is 0 Å². The molecule has 1 aromatic heterocycles. The Kier molecular flexibility index (Phi) is 9.48. The number of aromatic nitrogens is 1. The van der Waals surface area contributed by atoms with Crippen molar-refractivity contribution >= 4 is 57.3 Å². The van der Waals surface area contributed by atoms with Gasteiger partial charge in [0.1, 0.15) is 0 Å². The maximum absolute atomic E-state index is 11.3. The molecule has 0 amide bonds. The summed E-state index contributed by atoms with van der Waals surface area (Å²) in [5.41, 5.74) is 2.82. The minimum atomic E-state index is -0.717. The van der Waals surface area contributed by atoms with Crippen LogP contribution in [-0.4, -0.2) is 34.6 Å². The Morgan fingerprint density at radius 3 is 2.19 bits per heavy atom. The van der Waals surface area contributed by atoms with Gasteiger partial charge in [-0.25, -0.2) is 4.98 Å². The van der Waals surface area contributed by atoms with Gasteiger partial charge in [0.2, 0.25) is 0 Å². The average molecular weight is 514 g/mol. The Bertz CT molecular complexity index is 1070. The average Bonchev–Trinajstić information content (AvgIpc) is 2.76. The summed E-state index contributed by atoms with van der Waals surface area (Å²) in [6.07, 6.45) is 3.71. The molecular formula is C25H28Cl4N2O. The predicted molar refractivity (Wildman–Crippen MR) is 138 cm³/mol. The van der Waals surface area contributed by atoms with E-state index < -0.39 is 6.10 Å². The van der Waals surface area contributed by atoms with Gasteiger partial charge in [-0.1, -0.05) is 79.2 Å². The normalized spacial score (nSPS) is 12.6. The lowest BCUT2D eigenvalue weighted by molar-refractivity contribution is 0.112.